The molecule has 1 aliphatic rings. The summed E-state index contributed by atoms with van der Waals surface area (Å²) in [6, 6.07) is 8.37. The zero-order chi connectivity index (χ0) is 19.8. The van der Waals surface area contributed by atoms with E-state index in [4.69, 9.17) is 15.9 Å². The monoisotopic (exact) mass is 383 g/mol. The molecule has 3 heterocycles. The van der Waals surface area contributed by atoms with Crippen LogP contribution < -0.4 is 27.0 Å². The number of benzene rings is 1. The number of fused-ring (bicyclic) bond motifs is 1. The summed E-state index contributed by atoms with van der Waals surface area (Å²) in [6.45, 7) is 5.31. The number of hydrazine groups is 2. The number of nitrogen functional groups attached to an aromatic ring is 2. The summed E-state index contributed by atoms with van der Waals surface area (Å²) in [5.41, 5.74) is 17.1. The number of rotatable bonds is 5. The first-order valence-corrected chi connectivity index (χ1v) is 8.99. The quantitative estimate of drug-likeness (QED) is 0.577. The van der Waals surface area contributed by atoms with E-state index in [1.165, 1.54) is 6.07 Å². The topological polar surface area (TPSA) is 109 Å². The van der Waals surface area contributed by atoms with Crippen molar-refractivity contribution >= 4 is 23.1 Å². The first-order valence-electron chi connectivity index (χ1n) is 8.99. The van der Waals surface area contributed by atoms with Crippen molar-refractivity contribution in [2.45, 2.75) is 20.4 Å². The minimum absolute atomic E-state index is 0.117. The zero-order valence-corrected chi connectivity index (χ0v) is 15.7. The van der Waals surface area contributed by atoms with E-state index in [2.05, 4.69) is 29.4 Å². The molecule has 0 fully saturated rings. The predicted molar refractivity (Wildman–Crippen MR) is 106 cm³/mol. The van der Waals surface area contributed by atoms with Gasteiger partial charge < -0.3 is 15.9 Å². The maximum atomic E-state index is 13.9. The van der Waals surface area contributed by atoms with Crippen LogP contribution in [0.1, 0.15) is 19.4 Å². The molecule has 8 nitrogen and oxygen atoms in total. The van der Waals surface area contributed by atoms with Crippen LogP contribution >= 0.6 is 0 Å². The summed E-state index contributed by atoms with van der Waals surface area (Å²) in [5.74, 6) is 1.26. The number of nitrogens with one attached hydrogen (secondary N) is 1. The van der Waals surface area contributed by atoms with E-state index < -0.39 is 5.82 Å². The van der Waals surface area contributed by atoms with Crippen LogP contribution in [0.3, 0.4) is 0 Å². The maximum absolute atomic E-state index is 13.9. The standard InChI is InChI=1S/C19H22FN7O/c1-11(2)9-26-17-16(15-4-3-7-28-15)23-19(22)24-18(17)27(25-26)10-12-5-6-14(21)13(20)8-12/h3-8,11,25H,9-10,21H2,1-2H3,(H2,22,23,24). The number of nitrogens with zero attached hydrogens (tertiary/aromatic N) is 4. The molecule has 0 spiro atoms. The van der Waals surface area contributed by atoms with Crippen molar-refractivity contribution in [2.75, 3.05) is 28.0 Å². The molecule has 9 heteroatoms. The summed E-state index contributed by atoms with van der Waals surface area (Å²) in [5, 5.41) is 3.78. The van der Waals surface area contributed by atoms with E-state index in [0.29, 0.717) is 36.3 Å². The largest absolute Gasteiger partial charge is 0.463 e. The molecule has 0 unspecified atom stereocenters. The van der Waals surface area contributed by atoms with Gasteiger partial charge in [-0.05, 0) is 35.7 Å². The molecule has 1 aliphatic heterocycles. The smallest absolute Gasteiger partial charge is 0.222 e. The third kappa shape index (κ3) is 3.31. The molecule has 3 aromatic rings. The summed E-state index contributed by atoms with van der Waals surface area (Å²) in [7, 11) is 0. The van der Waals surface area contributed by atoms with E-state index in [1.807, 2.05) is 16.1 Å². The molecule has 0 atom stereocenters. The van der Waals surface area contributed by atoms with Crippen LogP contribution in [0.4, 0.5) is 27.5 Å². The molecular weight excluding hydrogens is 361 g/mol. The fourth-order valence-electron chi connectivity index (χ4n) is 3.18. The number of aromatic nitrogens is 2. The molecule has 0 saturated heterocycles. The molecular formula is C19H22FN7O. The molecule has 0 bridgehead atoms. The molecule has 2 aromatic heterocycles. The van der Waals surface area contributed by atoms with E-state index in [0.717, 1.165) is 11.3 Å². The summed E-state index contributed by atoms with van der Waals surface area (Å²) in [6.07, 6.45) is 1.59. The number of anilines is 4. The number of furan rings is 1. The number of hydrogen-bond donors (Lipinski definition) is 3. The lowest BCUT2D eigenvalue weighted by atomic mass is 10.2. The molecule has 0 saturated carbocycles. The van der Waals surface area contributed by atoms with E-state index >= 15 is 0 Å². The lowest BCUT2D eigenvalue weighted by molar-refractivity contribution is 0.538. The van der Waals surface area contributed by atoms with Crippen molar-refractivity contribution < 1.29 is 8.81 Å². The van der Waals surface area contributed by atoms with Gasteiger partial charge in [-0.15, -0.1) is 5.53 Å². The van der Waals surface area contributed by atoms with Gasteiger partial charge in [0, 0.05) is 6.54 Å². The second-order valence-corrected chi connectivity index (χ2v) is 7.13. The minimum atomic E-state index is -0.450. The van der Waals surface area contributed by atoms with Gasteiger partial charge in [0.2, 0.25) is 5.95 Å². The van der Waals surface area contributed by atoms with Crippen LogP contribution in [0, 0.1) is 11.7 Å². The van der Waals surface area contributed by atoms with Crippen LogP contribution in [0.2, 0.25) is 0 Å². The Labute approximate surface area is 161 Å². The average molecular weight is 383 g/mol. The third-order valence-electron chi connectivity index (χ3n) is 4.36. The highest BCUT2D eigenvalue weighted by Gasteiger charge is 2.33. The highest BCUT2D eigenvalue weighted by molar-refractivity contribution is 5.85. The Kier molecular flexibility index (Phi) is 4.52. The van der Waals surface area contributed by atoms with Crippen LogP contribution in [-0.4, -0.2) is 16.5 Å². The van der Waals surface area contributed by atoms with Gasteiger partial charge in [0.1, 0.15) is 17.2 Å². The van der Waals surface area contributed by atoms with Crippen LogP contribution in [0.5, 0.6) is 0 Å². The van der Waals surface area contributed by atoms with Crippen molar-refractivity contribution in [2.24, 2.45) is 5.92 Å². The Morgan fingerprint density at radius 2 is 2.00 bits per heavy atom. The van der Waals surface area contributed by atoms with Crippen molar-refractivity contribution in [3.05, 3.63) is 48.0 Å². The minimum Gasteiger partial charge on any atom is -0.463 e. The summed E-state index contributed by atoms with van der Waals surface area (Å²) in [4.78, 5) is 8.83. The van der Waals surface area contributed by atoms with Crippen molar-refractivity contribution in [1.82, 2.24) is 15.5 Å². The van der Waals surface area contributed by atoms with E-state index in [-0.39, 0.29) is 11.6 Å². The molecule has 1 aromatic carbocycles. The van der Waals surface area contributed by atoms with Crippen molar-refractivity contribution in [3.8, 4) is 11.5 Å². The third-order valence-corrected chi connectivity index (χ3v) is 4.36. The lowest BCUT2D eigenvalue weighted by Gasteiger charge is -2.24. The lowest BCUT2D eigenvalue weighted by Crippen LogP contribution is -2.45. The highest BCUT2D eigenvalue weighted by Crippen LogP contribution is 2.40. The molecule has 4 rings (SSSR count). The van der Waals surface area contributed by atoms with Gasteiger partial charge in [0.25, 0.3) is 0 Å². The molecule has 28 heavy (non-hydrogen) atoms. The second kappa shape index (κ2) is 7.01. The molecule has 146 valence electrons. The van der Waals surface area contributed by atoms with Gasteiger partial charge >= 0.3 is 0 Å². The van der Waals surface area contributed by atoms with Gasteiger partial charge in [-0.2, -0.15) is 4.98 Å². The van der Waals surface area contributed by atoms with E-state index in [1.54, 1.807) is 24.5 Å². The molecule has 0 radical (unpaired) electrons. The van der Waals surface area contributed by atoms with Gasteiger partial charge in [0.15, 0.2) is 11.6 Å². The average Bonchev–Trinajstić information content (AvgIpc) is 3.26. The maximum Gasteiger partial charge on any atom is 0.222 e. The van der Waals surface area contributed by atoms with Crippen molar-refractivity contribution in [3.63, 3.8) is 0 Å². The molecule has 5 N–H and O–H groups in total. The summed E-state index contributed by atoms with van der Waals surface area (Å²) < 4.78 is 19.4. The summed E-state index contributed by atoms with van der Waals surface area (Å²) >= 11 is 0. The SMILES string of the molecule is CC(C)CN1NN(Cc2ccc(N)c(F)c2)c2nc(N)nc(-c3ccco3)c21. The first-order chi connectivity index (χ1) is 13.4. The van der Waals surface area contributed by atoms with Crippen molar-refractivity contribution in [1.29, 1.82) is 0 Å². The first kappa shape index (κ1) is 18.1. The number of halogens is 1. The Bertz CT molecular complexity index is 990. The zero-order valence-electron chi connectivity index (χ0n) is 15.7. The van der Waals surface area contributed by atoms with E-state index in [9.17, 15) is 4.39 Å². The molecule has 0 amide bonds. The van der Waals surface area contributed by atoms with Gasteiger partial charge in [-0.1, -0.05) is 19.9 Å². The number of hydrogen-bond acceptors (Lipinski definition) is 8. The Balaban J connectivity index is 1.77. The van der Waals surface area contributed by atoms with Gasteiger partial charge in [0.05, 0.1) is 18.5 Å². The van der Waals surface area contributed by atoms with Gasteiger partial charge in [-0.3, -0.25) is 10.0 Å². The molecule has 0 aliphatic carbocycles. The van der Waals surface area contributed by atoms with Crippen LogP contribution in [0.15, 0.2) is 41.0 Å². The fraction of sp³-hybridized carbons (Fsp3) is 0.263. The fourth-order valence-corrected chi connectivity index (χ4v) is 3.18. The second-order valence-electron chi connectivity index (χ2n) is 7.13. The highest BCUT2D eigenvalue weighted by atomic mass is 19.1. The Morgan fingerprint density at radius 3 is 2.68 bits per heavy atom. The predicted octanol–water partition coefficient (Wildman–Crippen LogP) is 2.94. The van der Waals surface area contributed by atoms with Gasteiger partial charge in [-0.25, -0.2) is 9.37 Å². The Hall–Kier alpha value is -3.33. The van der Waals surface area contributed by atoms with Crippen LogP contribution in [-0.2, 0) is 6.54 Å². The Morgan fingerprint density at radius 1 is 1.18 bits per heavy atom. The normalized spacial score (nSPS) is 13.4. The van der Waals surface area contributed by atoms with Crippen LogP contribution in [0.25, 0.3) is 11.5 Å². The number of nitrogens with two attached hydrogens (primary N) is 2.